The quantitative estimate of drug-likeness (QED) is 0.348. The third kappa shape index (κ3) is 6.05. The van der Waals surface area contributed by atoms with Gasteiger partial charge in [0.05, 0.1) is 6.61 Å². The number of rotatable bonds is 8. The fourth-order valence-electron chi connectivity index (χ4n) is 2.74. The van der Waals surface area contributed by atoms with E-state index >= 15 is 0 Å². The lowest BCUT2D eigenvalue weighted by Gasteiger charge is -2.16. The number of benzene rings is 3. The maximum absolute atomic E-state index is 6.21. The summed E-state index contributed by atoms with van der Waals surface area (Å²) in [5.41, 5.74) is 4.12. The largest absolute Gasteiger partial charge is 0.490 e. The summed E-state index contributed by atoms with van der Waals surface area (Å²) in [4.78, 5) is 0. The van der Waals surface area contributed by atoms with Crippen molar-refractivity contribution in [3.8, 4) is 11.5 Å². The smallest absolute Gasteiger partial charge is 0.162 e. The van der Waals surface area contributed by atoms with Crippen LogP contribution in [-0.2, 0) is 13.2 Å². The molecule has 0 aliphatic heterocycles. The first kappa shape index (κ1) is 21.8. The predicted molar refractivity (Wildman–Crippen MR) is 125 cm³/mol. The highest BCUT2D eigenvalue weighted by atomic mass is 79.9. The molecule has 0 fully saturated rings. The van der Waals surface area contributed by atoms with E-state index < -0.39 is 0 Å². The van der Waals surface area contributed by atoms with Crippen molar-refractivity contribution in [3.05, 3.63) is 85.8 Å². The molecule has 3 nitrogen and oxygen atoms in total. The Labute approximate surface area is 190 Å². The van der Waals surface area contributed by atoms with Gasteiger partial charge in [-0.25, -0.2) is 0 Å². The van der Waals surface area contributed by atoms with Gasteiger partial charge < -0.3 is 14.8 Å². The highest BCUT2D eigenvalue weighted by molar-refractivity contribution is 9.10. The van der Waals surface area contributed by atoms with Crippen LogP contribution in [0.2, 0.25) is 10.0 Å². The molecule has 0 bridgehead atoms. The summed E-state index contributed by atoms with van der Waals surface area (Å²) in [7, 11) is 0. The van der Waals surface area contributed by atoms with Crippen molar-refractivity contribution in [1.82, 2.24) is 0 Å². The van der Waals surface area contributed by atoms with Crippen molar-refractivity contribution in [1.29, 1.82) is 0 Å². The lowest BCUT2D eigenvalue weighted by Crippen LogP contribution is -2.04. The van der Waals surface area contributed by atoms with E-state index in [-0.39, 0.29) is 0 Å². The van der Waals surface area contributed by atoms with Crippen LogP contribution in [0.5, 0.6) is 11.5 Å². The Morgan fingerprint density at radius 1 is 0.931 bits per heavy atom. The van der Waals surface area contributed by atoms with Gasteiger partial charge in [0.25, 0.3) is 0 Å². The van der Waals surface area contributed by atoms with Crippen molar-refractivity contribution in [2.75, 3.05) is 11.9 Å². The Kier molecular flexibility index (Phi) is 7.70. The Hall–Kier alpha value is -1.88. The van der Waals surface area contributed by atoms with Crippen LogP contribution in [0, 0.1) is 6.92 Å². The third-order valence-corrected chi connectivity index (χ3v) is 5.77. The second-order valence-electron chi connectivity index (χ2n) is 6.56. The molecule has 0 unspecified atom stereocenters. The minimum atomic E-state index is 0.434. The van der Waals surface area contributed by atoms with Gasteiger partial charge in [0, 0.05) is 26.8 Å². The van der Waals surface area contributed by atoms with E-state index in [1.807, 2.05) is 68.4 Å². The van der Waals surface area contributed by atoms with E-state index in [2.05, 4.69) is 21.2 Å². The summed E-state index contributed by atoms with van der Waals surface area (Å²) in [6, 6.07) is 17.5. The van der Waals surface area contributed by atoms with Crippen LogP contribution in [0.1, 0.15) is 23.6 Å². The van der Waals surface area contributed by atoms with E-state index in [0.717, 1.165) is 31.9 Å². The van der Waals surface area contributed by atoms with Crippen LogP contribution in [0.15, 0.2) is 59.1 Å². The predicted octanol–water partition coefficient (Wildman–Crippen LogP) is 7.65. The van der Waals surface area contributed by atoms with E-state index in [1.54, 1.807) is 0 Å². The summed E-state index contributed by atoms with van der Waals surface area (Å²) < 4.78 is 12.8. The van der Waals surface area contributed by atoms with Crippen LogP contribution in [0.4, 0.5) is 5.69 Å². The summed E-state index contributed by atoms with van der Waals surface area (Å²) in [5.74, 6) is 1.40. The molecule has 152 valence electrons. The van der Waals surface area contributed by atoms with Gasteiger partial charge in [-0.2, -0.15) is 0 Å². The van der Waals surface area contributed by atoms with Gasteiger partial charge in [-0.3, -0.25) is 0 Å². The van der Waals surface area contributed by atoms with Gasteiger partial charge >= 0.3 is 0 Å². The minimum absolute atomic E-state index is 0.434. The molecule has 0 radical (unpaired) electrons. The molecule has 3 rings (SSSR count). The van der Waals surface area contributed by atoms with Crippen molar-refractivity contribution >= 4 is 44.8 Å². The number of hydrogen-bond donors (Lipinski definition) is 1. The van der Waals surface area contributed by atoms with Gasteiger partial charge in [-0.15, -0.1) is 0 Å². The number of hydrogen-bond acceptors (Lipinski definition) is 3. The van der Waals surface area contributed by atoms with Crippen LogP contribution in [-0.4, -0.2) is 6.61 Å². The first-order chi connectivity index (χ1) is 14.0. The molecule has 29 heavy (non-hydrogen) atoms. The number of anilines is 1. The molecule has 0 saturated carbocycles. The molecule has 3 aromatic rings. The molecular formula is C23H22BrCl2NO2. The highest BCUT2D eigenvalue weighted by Crippen LogP contribution is 2.35. The zero-order valence-corrected chi connectivity index (χ0v) is 19.4. The van der Waals surface area contributed by atoms with Crippen LogP contribution in [0.3, 0.4) is 0 Å². The van der Waals surface area contributed by atoms with E-state index in [9.17, 15) is 0 Å². The molecule has 0 aliphatic rings. The minimum Gasteiger partial charge on any atom is -0.490 e. The molecule has 1 N–H and O–H groups in total. The third-order valence-electron chi connectivity index (χ3n) is 4.37. The Morgan fingerprint density at radius 2 is 1.66 bits per heavy atom. The number of nitrogens with one attached hydrogen (secondary N) is 1. The average Bonchev–Trinajstić information content (AvgIpc) is 2.70. The maximum atomic E-state index is 6.21. The summed E-state index contributed by atoms with van der Waals surface area (Å²) in [6.45, 7) is 5.55. The molecule has 0 aliphatic carbocycles. The number of halogens is 3. The zero-order valence-electron chi connectivity index (χ0n) is 16.3. The van der Waals surface area contributed by atoms with Crippen molar-refractivity contribution in [2.45, 2.75) is 27.0 Å². The van der Waals surface area contributed by atoms with E-state index in [4.69, 9.17) is 32.7 Å². The molecule has 0 heterocycles. The molecule has 6 heteroatoms. The fourth-order valence-corrected chi connectivity index (χ4v) is 3.50. The molecule has 0 aromatic heterocycles. The lowest BCUT2D eigenvalue weighted by molar-refractivity contribution is 0.269. The lowest BCUT2D eigenvalue weighted by atomic mass is 10.1. The highest BCUT2D eigenvalue weighted by Gasteiger charge is 2.12. The maximum Gasteiger partial charge on any atom is 0.162 e. The van der Waals surface area contributed by atoms with Gasteiger partial charge in [-0.1, -0.05) is 57.3 Å². The topological polar surface area (TPSA) is 30.5 Å². The first-order valence-corrected chi connectivity index (χ1v) is 10.8. The normalized spacial score (nSPS) is 10.7. The Balaban J connectivity index is 1.74. The number of aryl methyl sites for hydroxylation is 1. The van der Waals surface area contributed by atoms with E-state index in [1.165, 1.54) is 0 Å². The second-order valence-corrected chi connectivity index (χ2v) is 8.25. The molecule has 0 spiro atoms. The summed E-state index contributed by atoms with van der Waals surface area (Å²) in [6.07, 6.45) is 0. The SMILES string of the molecule is CCOc1cc(CNc2ccc(C)c(Cl)c2)c(Br)cc1OCc1ccc(Cl)cc1. The second kappa shape index (κ2) is 10.2. The van der Waals surface area contributed by atoms with Crippen molar-refractivity contribution in [2.24, 2.45) is 0 Å². The molecule has 0 saturated heterocycles. The van der Waals surface area contributed by atoms with Crippen LogP contribution >= 0.6 is 39.1 Å². The monoisotopic (exact) mass is 493 g/mol. The van der Waals surface area contributed by atoms with Crippen LogP contribution < -0.4 is 14.8 Å². The zero-order chi connectivity index (χ0) is 20.8. The molecule has 0 amide bonds. The molecule has 0 atom stereocenters. The van der Waals surface area contributed by atoms with Crippen molar-refractivity contribution < 1.29 is 9.47 Å². The molecule has 3 aromatic carbocycles. The van der Waals surface area contributed by atoms with Crippen LogP contribution in [0.25, 0.3) is 0 Å². The Bertz CT molecular complexity index is 977. The summed E-state index contributed by atoms with van der Waals surface area (Å²) in [5, 5.41) is 4.85. The average molecular weight is 495 g/mol. The van der Waals surface area contributed by atoms with Gasteiger partial charge in [-0.05, 0) is 66.9 Å². The molecular weight excluding hydrogens is 473 g/mol. The summed E-state index contributed by atoms with van der Waals surface area (Å²) >= 11 is 15.8. The fraction of sp³-hybridized carbons (Fsp3) is 0.217. The first-order valence-electron chi connectivity index (χ1n) is 9.28. The van der Waals surface area contributed by atoms with Gasteiger partial charge in [0.15, 0.2) is 11.5 Å². The Morgan fingerprint density at radius 3 is 2.34 bits per heavy atom. The standard InChI is InChI=1S/C23H22BrCl2NO2/c1-3-28-22-10-17(13-27-19-9-4-15(2)21(26)11-19)20(24)12-23(22)29-14-16-5-7-18(25)8-6-16/h4-12,27H,3,13-14H2,1-2H3. The van der Waals surface area contributed by atoms with Gasteiger partial charge in [0.2, 0.25) is 0 Å². The number of ether oxygens (including phenoxy) is 2. The van der Waals surface area contributed by atoms with Gasteiger partial charge in [0.1, 0.15) is 6.61 Å². The van der Waals surface area contributed by atoms with E-state index in [0.29, 0.717) is 36.3 Å². The van der Waals surface area contributed by atoms with Crippen molar-refractivity contribution in [3.63, 3.8) is 0 Å².